The Hall–Kier alpha value is -1.16. The van der Waals surface area contributed by atoms with Crippen molar-refractivity contribution in [1.29, 1.82) is 0 Å². The molecule has 1 aliphatic carbocycles. The molecule has 0 amide bonds. The summed E-state index contributed by atoms with van der Waals surface area (Å²) < 4.78 is 26.1. The second-order valence-electron chi connectivity index (χ2n) is 3.24. The van der Waals surface area contributed by atoms with Crippen molar-refractivity contribution in [1.82, 2.24) is 0 Å². The Bertz CT molecular complexity index is 365. The van der Waals surface area contributed by atoms with Crippen molar-refractivity contribution < 1.29 is 13.9 Å². The first-order chi connectivity index (χ1) is 6.11. The van der Waals surface area contributed by atoms with E-state index < -0.39 is 23.4 Å². The monoisotopic (exact) mass is 185 g/mol. The topological polar surface area (TPSA) is 46.2 Å². The lowest BCUT2D eigenvalue weighted by molar-refractivity contribution is 0.391. The van der Waals surface area contributed by atoms with E-state index in [4.69, 9.17) is 10.8 Å². The molecule has 0 aliphatic heterocycles. The summed E-state index contributed by atoms with van der Waals surface area (Å²) in [7, 11) is 0. The van der Waals surface area contributed by atoms with Crippen LogP contribution in [0.15, 0.2) is 6.07 Å². The van der Waals surface area contributed by atoms with Gasteiger partial charge in [0.25, 0.3) is 0 Å². The van der Waals surface area contributed by atoms with E-state index in [1.54, 1.807) is 0 Å². The third-order valence-electron chi connectivity index (χ3n) is 2.41. The van der Waals surface area contributed by atoms with Crippen LogP contribution in [0.25, 0.3) is 0 Å². The summed E-state index contributed by atoms with van der Waals surface area (Å²) in [4.78, 5) is 0. The van der Waals surface area contributed by atoms with Crippen molar-refractivity contribution in [3.8, 4) is 5.75 Å². The molecular formula is C9H9F2NO. The highest BCUT2D eigenvalue weighted by Gasteiger charge is 2.27. The molecule has 0 aromatic heterocycles. The van der Waals surface area contributed by atoms with E-state index in [0.717, 1.165) is 6.07 Å². The van der Waals surface area contributed by atoms with Crippen molar-refractivity contribution in [3.63, 3.8) is 0 Å². The van der Waals surface area contributed by atoms with Gasteiger partial charge in [-0.2, -0.15) is 0 Å². The Morgan fingerprint density at radius 1 is 1.46 bits per heavy atom. The number of benzene rings is 1. The number of fused-ring (bicyclic) bond motifs is 1. The molecule has 4 heteroatoms. The molecule has 0 bridgehead atoms. The molecule has 1 atom stereocenters. The van der Waals surface area contributed by atoms with Crippen LogP contribution in [0.2, 0.25) is 0 Å². The summed E-state index contributed by atoms with van der Waals surface area (Å²) in [5, 5.41) is 8.98. The van der Waals surface area contributed by atoms with E-state index in [9.17, 15) is 8.78 Å². The van der Waals surface area contributed by atoms with E-state index >= 15 is 0 Å². The van der Waals surface area contributed by atoms with Gasteiger partial charge in [-0.05, 0) is 24.5 Å². The van der Waals surface area contributed by atoms with Gasteiger partial charge in [-0.1, -0.05) is 0 Å². The summed E-state index contributed by atoms with van der Waals surface area (Å²) in [5.74, 6) is -2.73. The zero-order chi connectivity index (χ0) is 9.59. The Morgan fingerprint density at radius 2 is 2.15 bits per heavy atom. The lowest BCUT2D eigenvalue weighted by Crippen LogP contribution is -2.08. The lowest BCUT2D eigenvalue weighted by atomic mass is 10.1. The molecule has 1 aromatic rings. The van der Waals surface area contributed by atoms with Crippen LogP contribution in [-0.2, 0) is 6.42 Å². The Kier molecular flexibility index (Phi) is 1.73. The normalized spacial score (nSPS) is 20.4. The zero-order valence-corrected chi connectivity index (χ0v) is 6.85. The predicted molar refractivity (Wildman–Crippen MR) is 43.3 cm³/mol. The third-order valence-corrected chi connectivity index (χ3v) is 2.41. The molecule has 0 unspecified atom stereocenters. The van der Waals surface area contributed by atoms with Crippen molar-refractivity contribution >= 4 is 0 Å². The molecule has 0 heterocycles. The van der Waals surface area contributed by atoms with Crippen molar-refractivity contribution in [2.45, 2.75) is 18.9 Å². The summed E-state index contributed by atoms with van der Waals surface area (Å²) in [6.07, 6.45) is 1.18. The number of aromatic hydroxyl groups is 1. The smallest absolute Gasteiger partial charge is 0.188 e. The number of halogens is 2. The minimum atomic E-state index is -0.920. The molecule has 2 rings (SSSR count). The second-order valence-corrected chi connectivity index (χ2v) is 3.24. The second kappa shape index (κ2) is 2.67. The van der Waals surface area contributed by atoms with Crippen LogP contribution in [0.3, 0.4) is 0 Å². The Balaban J connectivity index is 2.68. The molecule has 0 saturated carbocycles. The molecule has 0 spiro atoms. The number of hydrogen-bond acceptors (Lipinski definition) is 2. The van der Waals surface area contributed by atoms with E-state index in [0.29, 0.717) is 18.4 Å². The van der Waals surface area contributed by atoms with Gasteiger partial charge < -0.3 is 10.8 Å². The molecule has 1 aliphatic rings. The molecular weight excluding hydrogens is 176 g/mol. The maximum atomic E-state index is 13.2. The molecule has 0 radical (unpaired) electrons. The van der Waals surface area contributed by atoms with Crippen LogP contribution in [0.4, 0.5) is 8.78 Å². The van der Waals surface area contributed by atoms with Crippen LogP contribution in [-0.4, -0.2) is 5.11 Å². The average Bonchev–Trinajstić information content (AvgIpc) is 2.43. The van der Waals surface area contributed by atoms with Gasteiger partial charge in [0.1, 0.15) is 0 Å². The van der Waals surface area contributed by atoms with Gasteiger partial charge in [-0.25, -0.2) is 8.78 Å². The molecule has 0 fully saturated rings. The number of rotatable bonds is 0. The average molecular weight is 185 g/mol. The van der Waals surface area contributed by atoms with Crippen LogP contribution in [0.1, 0.15) is 23.6 Å². The maximum absolute atomic E-state index is 13.2. The van der Waals surface area contributed by atoms with Crippen LogP contribution in [0.5, 0.6) is 5.75 Å². The van der Waals surface area contributed by atoms with Crippen LogP contribution in [0, 0.1) is 11.6 Å². The highest BCUT2D eigenvalue weighted by molar-refractivity contribution is 5.42. The predicted octanol–water partition coefficient (Wildman–Crippen LogP) is 1.62. The fourth-order valence-corrected chi connectivity index (χ4v) is 1.74. The molecule has 0 saturated heterocycles. The number of phenolic OH excluding ortho intramolecular Hbond substituents is 1. The molecule has 70 valence electrons. The first-order valence-corrected chi connectivity index (χ1v) is 4.06. The summed E-state index contributed by atoms with van der Waals surface area (Å²) >= 11 is 0. The molecule has 2 nitrogen and oxygen atoms in total. The summed E-state index contributed by atoms with van der Waals surface area (Å²) in [6, 6.07) is 0.738. The highest BCUT2D eigenvalue weighted by atomic mass is 19.1. The minimum Gasteiger partial charge on any atom is -0.503 e. The molecule has 3 N–H and O–H groups in total. The van der Waals surface area contributed by atoms with E-state index in [1.807, 2.05) is 0 Å². The quantitative estimate of drug-likeness (QED) is 0.645. The number of nitrogens with two attached hydrogens (primary N) is 1. The first kappa shape index (κ1) is 8.44. The Labute approximate surface area is 74.0 Å². The number of aryl methyl sites for hydroxylation is 1. The van der Waals surface area contributed by atoms with Crippen LogP contribution >= 0.6 is 0 Å². The molecule has 1 aromatic carbocycles. The van der Waals surface area contributed by atoms with E-state index in [2.05, 4.69) is 0 Å². The summed E-state index contributed by atoms with van der Waals surface area (Å²) in [6.45, 7) is 0. The lowest BCUT2D eigenvalue weighted by Gasteiger charge is -2.07. The van der Waals surface area contributed by atoms with Gasteiger partial charge in [0, 0.05) is 11.6 Å². The van der Waals surface area contributed by atoms with Gasteiger partial charge >= 0.3 is 0 Å². The van der Waals surface area contributed by atoms with Crippen molar-refractivity contribution in [2.75, 3.05) is 0 Å². The standard InChI is InChI=1S/C9H9F2NO/c10-5-3-4-1-2-6(12)7(4)8(11)9(5)13/h3,6,13H,1-2,12H2/t6-/m1/s1. The summed E-state index contributed by atoms with van der Waals surface area (Å²) in [5.41, 5.74) is 6.43. The van der Waals surface area contributed by atoms with Gasteiger partial charge in [0.2, 0.25) is 0 Å². The van der Waals surface area contributed by atoms with Gasteiger partial charge in [-0.15, -0.1) is 0 Å². The zero-order valence-electron chi connectivity index (χ0n) is 6.85. The molecule has 13 heavy (non-hydrogen) atoms. The fourth-order valence-electron chi connectivity index (χ4n) is 1.74. The van der Waals surface area contributed by atoms with Gasteiger partial charge in [0.15, 0.2) is 17.4 Å². The third kappa shape index (κ3) is 1.09. The van der Waals surface area contributed by atoms with Crippen molar-refractivity contribution in [3.05, 3.63) is 28.8 Å². The van der Waals surface area contributed by atoms with Gasteiger partial charge in [-0.3, -0.25) is 0 Å². The SMILES string of the molecule is N[C@@H]1CCc2cc(F)c(O)c(F)c21. The highest BCUT2D eigenvalue weighted by Crippen LogP contribution is 2.36. The van der Waals surface area contributed by atoms with Crippen LogP contribution < -0.4 is 5.73 Å². The number of phenols is 1. The first-order valence-electron chi connectivity index (χ1n) is 4.06. The fraction of sp³-hybridized carbons (Fsp3) is 0.333. The largest absolute Gasteiger partial charge is 0.503 e. The maximum Gasteiger partial charge on any atom is 0.188 e. The number of hydrogen-bond donors (Lipinski definition) is 2. The van der Waals surface area contributed by atoms with Crippen molar-refractivity contribution in [2.24, 2.45) is 5.73 Å². The minimum absolute atomic E-state index is 0.263. The van der Waals surface area contributed by atoms with E-state index in [1.165, 1.54) is 0 Å². The Morgan fingerprint density at radius 3 is 2.85 bits per heavy atom. The van der Waals surface area contributed by atoms with E-state index in [-0.39, 0.29) is 5.56 Å². The van der Waals surface area contributed by atoms with Gasteiger partial charge in [0.05, 0.1) is 0 Å².